The fourth-order valence-electron chi connectivity index (χ4n) is 11.1. The first-order chi connectivity index (χ1) is 15.1. The number of ketones is 1. The second-order valence-corrected chi connectivity index (χ2v) is 15.7. The summed E-state index contributed by atoms with van der Waals surface area (Å²) in [5.74, 6) is 3.36. The zero-order valence-electron chi connectivity index (χ0n) is 23.4. The molecule has 33 heavy (non-hydrogen) atoms. The van der Waals surface area contributed by atoms with Crippen LogP contribution in [0.5, 0.6) is 0 Å². The lowest BCUT2D eigenvalue weighted by Crippen LogP contribution is -2.65. The highest BCUT2D eigenvalue weighted by Crippen LogP contribution is 2.76. The molecule has 0 N–H and O–H groups in total. The molecule has 4 fully saturated rings. The Morgan fingerprint density at radius 2 is 1.42 bits per heavy atom. The summed E-state index contributed by atoms with van der Waals surface area (Å²) < 4.78 is 0. The Morgan fingerprint density at radius 3 is 2.09 bits per heavy atom. The molecule has 1 heteroatoms. The molecule has 0 unspecified atom stereocenters. The van der Waals surface area contributed by atoms with Crippen LogP contribution in [-0.4, -0.2) is 5.78 Å². The van der Waals surface area contributed by atoms with Crippen LogP contribution in [0.2, 0.25) is 0 Å². The minimum Gasteiger partial charge on any atom is -0.299 e. The van der Waals surface area contributed by atoms with E-state index in [4.69, 9.17) is 0 Å². The van der Waals surface area contributed by atoms with E-state index in [9.17, 15) is 4.79 Å². The third-order valence-corrected chi connectivity index (χ3v) is 13.5. The second-order valence-electron chi connectivity index (χ2n) is 15.7. The number of fused-ring (bicyclic) bond motifs is 7. The Hall–Kier alpha value is -0.590. The van der Waals surface area contributed by atoms with Gasteiger partial charge in [0.15, 0.2) is 0 Å². The Bertz CT molecular complexity index is 875. The zero-order valence-corrected chi connectivity index (χ0v) is 23.4. The molecular formula is C32H52O. The van der Waals surface area contributed by atoms with Gasteiger partial charge in [-0.1, -0.05) is 74.0 Å². The average molecular weight is 453 g/mol. The normalized spacial score (nSPS) is 50.5. The van der Waals surface area contributed by atoms with Crippen LogP contribution < -0.4 is 0 Å². The largest absolute Gasteiger partial charge is 0.299 e. The van der Waals surface area contributed by atoms with Crippen LogP contribution in [0.25, 0.3) is 0 Å². The standard InChI is InChI=1S/C32H52O/c1-21(2)32-18-16-27(3,4)20-23(32)22-10-11-25-29(7)14-13-26(33)28(5,6)24(29)12-15-31(25,9)30(22,8)17-19-32/h20-22,24-25H,10-19H2,1-9H3/t22-,24+,25-,29+,30-,31-,32-/m1/s1. The van der Waals surface area contributed by atoms with Crippen LogP contribution in [0.15, 0.2) is 11.6 Å². The number of carbonyl (C=O) groups is 1. The predicted molar refractivity (Wildman–Crippen MR) is 139 cm³/mol. The molecule has 0 bridgehead atoms. The molecule has 0 amide bonds. The molecule has 0 heterocycles. The van der Waals surface area contributed by atoms with Crippen molar-refractivity contribution in [3.8, 4) is 0 Å². The van der Waals surface area contributed by atoms with Gasteiger partial charge in [-0.3, -0.25) is 4.79 Å². The van der Waals surface area contributed by atoms with Crippen molar-refractivity contribution in [1.29, 1.82) is 0 Å². The molecule has 4 saturated carbocycles. The number of allylic oxidation sites excluding steroid dienone is 2. The van der Waals surface area contributed by atoms with Crippen molar-refractivity contribution in [3.63, 3.8) is 0 Å². The Kier molecular flexibility index (Phi) is 5.12. The Morgan fingerprint density at radius 1 is 0.758 bits per heavy atom. The van der Waals surface area contributed by atoms with Crippen molar-refractivity contribution in [2.24, 2.45) is 56.2 Å². The monoisotopic (exact) mass is 452 g/mol. The molecule has 0 saturated heterocycles. The molecule has 0 aromatic carbocycles. The molecule has 5 aliphatic carbocycles. The van der Waals surface area contributed by atoms with Crippen molar-refractivity contribution < 1.29 is 4.79 Å². The summed E-state index contributed by atoms with van der Waals surface area (Å²) in [6.07, 6.45) is 15.6. The molecule has 0 radical (unpaired) electrons. The summed E-state index contributed by atoms with van der Waals surface area (Å²) in [6, 6.07) is 0. The Balaban J connectivity index is 1.58. The van der Waals surface area contributed by atoms with E-state index in [0.29, 0.717) is 38.8 Å². The maximum atomic E-state index is 13.0. The SMILES string of the molecule is CC(C)[C@]12CCC(C)(C)C=C1[C@H]1CC[C@@H]3[C@@]4(C)CCC(=O)C(C)(C)[C@@H]4CC[C@@]3(C)[C@]1(C)CC2. The van der Waals surface area contributed by atoms with Gasteiger partial charge in [0.25, 0.3) is 0 Å². The highest BCUT2D eigenvalue weighted by Gasteiger charge is 2.69. The van der Waals surface area contributed by atoms with Crippen molar-refractivity contribution in [2.45, 2.75) is 127 Å². The van der Waals surface area contributed by atoms with Crippen molar-refractivity contribution >= 4 is 5.78 Å². The van der Waals surface area contributed by atoms with Gasteiger partial charge in [0.1, 0.15) is 5.78 Å². The second kappa shape index (κ2) is 7.00. The van der Waals surface area contributed by atoms with E-state index >= 15 is 0 Å². The summed E-state index contributed by atoms with van der Waals surface area (Å²) in [7, 11) is 0. The van der Waals surface area contributed by atoms with Gasteiger partial charge in [0, 0.05) is 11.8 Å². The van der Waals surface area contributed by atoms with Gasteiger partial charge in [-0.05, 0) is 109 Å². The molecule has 186 valence electrons. The molecule has 0 aliphatic heterocycles. The van der Waals surface area contributed by atoms with Gasteiger partial charge in [-0.15, -0.1) is 0 Å². The number of hydrogen-bond donors (Lipinski definition) is 0. The first-order valence-electron chi connectivity index (χ1n) is 14.4. The van der Waals surface area contributed by atoms with E-state index in [1.807, 2.05) is 5.57 Å². The Labute approximate surface area is 204 Å². The third kappa shape index (κ3) is 2.92. The summed E-state index contributed by atoms with van der Waals surface area (Å²) in [5.41, 5.74) is 3.65. The van der Waals surface area contributed by atoms with Crippen LogP contribution in [0.4, 0.5) is 0 Å². The van der Waals surface area contributed by atoms with Gasteiger partial charge >= 0.3 is 0 Å². The van der Waals surface area contributed by atoms with Gasteiger partial charge in [-0.25, -0.2) is 0 Å². The highest BCUT2D eigenvalue weighted by atomic mass is 16.1. The zero-order chi connectivity index (χ0) is 24.2. The summed E-state index contributed by atoms with van der Waals surface area (Å²) in [5, 5.41) is 0. The van der Waals surface area contributed by atoms with E-state index in [0.717, 1.165) is 30.6 Å². The van der Waals surface area contributed by atoms with Crippen LogP contribution in [0.3, 0.4) is 0 Å². The minimum atomic E-state index is -0.138. The molecule has 0 spiro atoms. The van der Waals surface area contributed by atoms with Crippen molar-refractivity contribution in [1.82, 2.24) is 0 Å². The third-order valence-electron chi connectivity index (χ3n) is 13.5. The maximum Gasteiger partial charge on any atom is 0.138 e. The lowest BCUT2D eigenvalue weighted by molar-refractivity contribution is -0.213. The van der Waals surface area contributed by atoms with E-state index in [-0.39, 0.29) is 5.41 Å². The van der Waals surface area contributed by atoms with Gasteiger partial charge < -0.3 is 0 Å². The van der Waals surface area contributed by atoms with E-state index in [2.05, 4.69) is 68.4 Å². The van der Waals surface area contributed by atoms with E-state index < -0.39 is 0 Å². The number of Topliss-reactive ketones (excluding diaryl/α,β-unsaturated/α-hetero) is 1. The molecule has 0 aromatic rings. The first kappa shape index (κ1) is 24.1. The fraction of sp³-hybridized carbons (Fsp3) is 0.906. The number of rotatable bonds is 1. The van der Waals surface area contributed by atoms with Crippen molar-refractivity contribution in [3.05, 3.63) is 11.6 Å². The summed E-state index contributed by atoms with van der Waals surface area (Å²) >= 11 is 0. The van der Waals surface area contributed by atoms with Crippen LogP contribution in [0, 0.1) is 56.2 Å². The lowest BCUT2D eigenvalue weighted by atomic mass is 9.32. The topological polar surface area (TPSA) is 17.1 Å². The fourth-order valence-corrected chi connectivity index (χ4v) is 11.1. The average Bonchev–Trinajstić information content (AvgIpc) is 2.71. The number of carbonyl (C=O) groups excluding carboxylic acids is 1. The van der Waals surface area contributed by atoms with Gasteiger partial charge in [0.05, 0.1) is 0 Å². The van der Waals surface area contributed by atoms with Gasteiger partial charge in [0.2, 0.25) is 0 Å². The number of hydrogen-bond acceptors (Lipinski definition) is 1. The van der Waals surface area contributed by atoms with Gasteiger partial charge in [-0.2, -0.15) is 0 Å². The molecule has 1 nitrogen and oxygen atoms in total. The van der Waals surface area contributed by atoms with E-state index in [1.54, 1.807) is 0 Å². The molecule has 5 rings (SSSR count). The van der Waals surface area contributed by atoms with E-state index in [1.165, 1.54) is 51.4 Å². The first-order valence-corrected chi connectivity index (χ1v) is 14.4. The molecular weight excluding hydrogens is 400 g/mol. The van der Waals surface area contributed by atoms with Crippen LogP contribution in [0.1, 0.15) is 127 Å². The molecule has 0 aromatic heterocycles. The lowest BCUT2D eigenvalue weighted by Gasteiger charge is -2.72. The highest BCUT2D eigenvalue weighted by molar-refractivity contribution is 5.85. The van der Waals surface area contributed by atoms with Crippen LogP contribution in [-0.2, 0) is 4.79 Å². The minimum absolute atomic E-state index is 0.138. The molecule has 7 atom stereocenters. The maximum absolute atomic E-state index is 13.0. The quantitative estimate of drug-likeness (QED) is 0.363. The van der Waals surface area contributed by atoms with Crippen LogP contribution >= 0.6 is 0 Å². The van der Waals surface area contributed by atoms with Crippen molar-refractivity contribution in [2.75, 3.05) is 0 Å². The smallest absolute Gasteiger partial charge is 0.138 e. The summed E-state index contributed by atoms with van der Waals surface area (Å²) in [4.78, 5) is 13.0. The summed E-state index contributed by atoms with van der Waals surface area (Å²) in [6.45, 7) is 22.6. The molecule has 5 aliphatic rings. The predicted octanol–water partition coefficient (Wildman–Crippen LogP) is 9.01.